The van der Waals surface area contributed by atoms with E-state index in [0.29, 0.717) is 5.69 Å². The maximum Gasteiger partial charge on any atom is 0.266 e. The third-order valence-corrected chi connectivity index (χ3v) is 3.75. The highest BCUT2D eigenvalue weighted by Gasteiger charge is 2.12. The summed E-state index contributed by atoms with van der Waals surface area (Å²) >= 11 is 5.68. The van der Waals surface area contributed by atoms with Gasteiger partial charge in [0, 0.05) is 28.4 Å². The Kier molecular flexibility index (Phi) is 4.32. The van der Waals surface area contributed by atoms with Crippen molar-refractivity contribution in [2.24, 2.45) is 0 Å². The van der Waals surface area contributed by atoms with Gasteiger partial charge in [-0.05, 0) is 30.3 Å². The molecule has 6 heteroatoms. The van der Waals surface area contributed by atoms with E-state index in [0.717, 1.165) is 22.5 Å². The molecule has 0 saturated heterocycles. The molecule has 2 N–H and O–H groups in total. The molecule has 24 heavy (non-hydrogen) atoms. The van der Waals surface area contributed by atoms with Crippen molar-refractivity contribution in [2.75, 3.05) is 5.32 Å². The zero-order valence-corrected chi connectivity index (χ0v) is 13.1. The van der Waals surface area contributed by atoms with Gasteiger partial charge < -0.3 is 10.3 Å². The van der Waals surface area contributed by atoms with Gasteiger partial charge in [-0.15, -0.1) is 0 Å². The van der Waals surface area contributed by atoms with Gasteiger partial charge in [-0.2, -0.15) is 5.26 Å². The van der Waals surface area contributed by atoms with Crippen molar-refractivity contribution >= 4 is 40.2 Å². The molecule has 3 rings (SSSR count). The van der Waals surface area contributed by atoms with Crippen LogP contribution >= 0.6 is 11.6 Å². The molecule has 4 nitrogen and oxygen atoms in total. The normalized spacial score (nSPS) is 11.3. The van der Waals surface area contributed by atoms with E-state index in [4.69, 9.17) is 11.6 Å². The second kappa shape index (κ2) is 6.57. The monoisotopic (exact) mass is 339 g/mol. The van der Waals surface area contributed by atoms with Crippen molar-refractivity contribution in [3.8, 4) is 6.07 Å². The quantitative estimate of drug-likeness (QED) is 0.544. The summed E-state index contributed by atoms with van der Waals surface area (Å²) in [6.45, 7) is 0. The molecule has 1 amide bonds. The number of fused-ring (bicyclic) bond motifs is 1. The SMILES string of the molecule is N#C/C(=C\c1c[nH]c2ccccc12)C(=O)Nc1ccc(F)c(Cl)c1. The highest BCUT2D eigenvalue weighted by molar-refractivity contribution is 6.31. The van der Waals surface area contributed by atoms with E-state index in [2.05, 4.69) is 10.3 Å². The van der Waals surface area contributed by atoms with Crippen LogP contribution in [0.5, 0.6) is 0 Å². The van der Waals surface area contributed by atoms with E-state index < -0.39 is 11.7 Å². The minimum atomic E-state index is -0.592. The molecule has 0 fully saturated rings. The number of rotatable bonds is 3. The number of aromatic amines is 1. The Bertz CT molecular complexity index is 1000. The number of para-hydroxylation sites is 1. The number of anilines is 1. The number of carbonyl (C=O) groups excluding carboxylic acids is 1. The second-order valence-electron chi connectivity index (χ2n) is 5.04. The van der Waals surface area contributed by atoms with Gasteiger partial charge in [-0.25, -0.2) is 4.39 Å². The van der Waals surface area contributed by atoms with Crippen molar-refractivity contribution in [3.05, 3.63) is 70.6 Å². The third-order valence-electron chi connectivity index (χ3n) is 3.46. The Balaban J connectivity index is 1.89. The van der Waals surface area contributed by atoms with Crippen LogP contribution in [0.3, 0.4) is 0 Å². The summed E-state index contributed by atoms with van der Waals surface area (Å²) in [5.41, 5.74) is 1.88. The zero-order valence-electron chi connectivity index (χ0n) is 12.3. The van der Waals surface area contributed by atoms with E-state index in [1.165, 1.54) is 18.2 Å². The Morgan fingerprint density at radius 3 is 2.83 bits per heavy atom. The first-order chi connectivity index (χ1) is 11.6. The molecule has 0 saturated carbocycles. The smallest absolute Gasteiger partial charge is 0.266 e. The predicted octanol–water partition coefficient (Wildman–Crippen LogP) is 4.51. The highest BCUT2D eigenvalue weighted by Crippen LogP contribution is 2.22. The van der Waals surface area contributed by atoms with E-state index in [-0.39, 0.29) is 10.6 Å². The van der Waals surface area contributed by atoms with E-state index in [9.17, 15) is 14.4 Å². The second-order valence-corrected chi connectivity index (χ2v) is 5.45. The molecule has 1 aromatic heterocycles. The van der Waals surface area contributed by atoms with Crippen LogP contribution in [0.2, 0.25) is 5.02 Å². The molecule has 118 valence electrons. The van der Waals surface area contributed by atoms with Gasteiger partial charge in [0.1, 0.15) is 17.5 Å². The topological polar surface area (TPSA) is 68.7 Å². The summed E-state index contributed by atoms with van der Waals surface area (Å²) in [5.74, 6) is -1.17. The van der Waals surface area contributed by atoms with Crippen LogP contribution < -0.4 is 5.32 Å². The first-order valence-corrected chi connectivity index (χ1v) is 7.40. The molecule has 0 atom stereocenters. The number of nitrogens with one attached hydrogen (secondary N) is 2. The van der Waals surface area contributed by atoms with Crippen LogP contribution in [-0.2, 0) is 4.79 Å². The fourth-order valence-electron chi connectivity index (χ4n) is 2.29. The lowest BCUT2D eigenvalue weighted by molar-refractivity contribution is -0.112. The summed E-state index contributed by atoms with van der Waals surface area (Å²) in [6, 6.07) is 13.2. The van der Waals surface area contributed by atoms with Crippen LogP contribution in [0.4, 0.5) is 10.1 Å². The lowest BCUT2D eigenvalue weighted by Gasteiger charge is -2.05. The number of halogens is 2. The van der Waals surface area contributed by atoms with Gasteiger partial charge in [-0.1, -0.05) is 29.8 Å². The van der Waals surface area contributed by atoms with E-state index >= 15 is 0 Å². The summed E-state index contributed by atoms with van der Waals surface area (Å²) in [4.78, 5) is 15.3. The Hall–Kier alpha value is -3.10. The van der Waals surface area contributed by atoms with Crippen LogP contribution in [0, 0.1) is 17.1 Å². The number of H-pyrrole nitrogens is 1. The van der Waals surface area contributed by atoms with Gasteiger partial charge >= 0.3 is 0 Å². The van der Waals surface area contributed by atoms with E-state index in [1.807, 2.05) is 30.3 Å². The maximum absolute atomic E-state index is 13.1. The molecule has 3 aromatic rings. The molecule has 0 bridgehead atoms. The summed E-state index contributed by atoms with van der Waals surface area (Å²) in [5, 5.41) is 12.6. The number of nitrogens with zero attached hydrogens (tertiary/aromatic N) is 1. The Labute approximate surface area is 142 Å². The molecular weight excluding hydrogens is 329 g/mol. The first kappa shape index (κ1) is 15.8. The van der Waals surface area contributed by atoms with Crippen molar-refractivity contribution in [1.82, 2.24) is 4.98 Å². The van der Waals surface area contributed by atoms with Crippen molar-refractivity contribution in [1.29, 1.82) is 5.26 Å². The lowest BCUT2D eigenvalue weighted by Crippen LogP contribution is -2.13. The van der Waals surface area contributed by atoms with Gasteiger partial charge in [0.2, 0.25) is 0 Å². The van der Waals surface area contributed by atoms with Crippen molar-refractivity contribution in [3.63, 3.8) is 0 Å². The number of benzene rings is 2. The Morgan fingerprint density at radius 1 is 1.29 bits per heavy atom. The maximum atomic E-state index is 13.1. The molecule has 0 radical (unpaired) electrons. The number of aromatic nitrogens is 1. The van der Waals surface area contributed by atoms with Crippen LogP contribution in [-0.4, -0.2) is 10.9 Å². The van der Waals surface area contributed by atoms with E-state index in [1.54, 1.807) is 6.20 Å². The molecule has 0 spiro atoms. The molecule has 1 heterocycles. The van der Waals surface area contributed by atoms with Crippen molar-refractivity contribution < 1.29 is 9.18 Å². The first-order valence-electron chi connectivity index (χ1n) is 7.03. The van der Waals surface area contributed by atoms with Crippen molar-refractivity contribution in [2.45, 2.75) is 0 Å². The molecule has 2 aromatic carbocycles. The fraction of sp³-hybridized carbons (Fsp3) is 0. The van der Waals surface area contributed by atoms with Crippen LogP contribution in [0.1, 0.15) is 5.56 Å². The molecule has 0 aliphatic heterocycles. The van der Waals surface area contributed by atoms with Gasteiger partial charge in [-0.3, -0.25) is 4.79 Å². The van der Waals surface area contributed by atoms with Gasteiger partial charge in [0.05, 0.1) is 5.02 Å². The summed E-state index contributed by atoms with van der Waals surface area (Å²) in [6.07, 6.45) is 3.23. The molecular formula is C18H11ClFN3O. The average molecular weight is 340 g/mol. The highest BCUT2D eigenvalue weighted by atomic mass is 35.5. The summed E-state index contributed by atoms with van der Waals surface area (Å²) < 4.78 is 13.1. The lowest BCUT2D eigenvalue weighted by atomic mass is 10.1. The number of carbonyl (C=O) groups is 1. The number of nitriles is 1. The van der Waals surface area contributed by atoms with Crippen LogP contribution in [0.15, 0.2) is 54.2 Å². The Morgan fingerprint density at radius 2 is 2.08 bits per heavy atom. The zero-order chi connectivity index (χ0) is 17.1. The van der Waals surface area contributed by atoms with Gasteiger partial charge in [0.25, 0.3) is 5.91 Å². The molecule has 0 aliphatic rings. The van der Waals surface area contributed by atoms with Gasteiger partial charge in [0.15, 0.2) is 0 Å². The molecule has 0 unspecified atom stereocenters. The number of hydrogen-bond donors (Lipinski definition) is 2. The average Bonchev–Trinajstić information content (AvgIpc) is 2.99. The standard InChI is InChI=1S/C18H11ClFN3O/c19-15-8-13(5-6-16(15)20)23-18(24)11(9-21)7-12-10-22-17-4-2-1-3-14(12)17/h1-8,10,22H,(H,23,24)/b11-7+. The predicted molar refractivity (Wildman–Crippen MR) is 91.9 cm³/mol. The summed E-state index contributed by atoms with van der Waals surface area (Å²) in [7, 11) is 0. The molecule has 0 aliphatic carbocycles. The van der Waals surface area contributed by atoms with Crippen LogP contribution in [0.25, 0.3) is 17.0 Å². The number of amides is 1. The largest absolute Gasteiger partial charge is 0.361 e. The third kappa shape index (κ3) is 3.14. The minimum absolute atomic E-state index is 0.0693. The minimum Gasteiger partial charge on any atom is -0.361 e. The fourth-order valence-corrected chi connectivity index (χ4v) is 2.47. The number of hydrogen-bond acceptors (Lipinski definition) is 2.